The van der Waals surface area contributed by atoms with Gasteiger partial charge < -0.3 is 5.11 Å². The van der Waals surface area contributed by atoms with Gasteiger partial charge in [-0.3, -0.25) is 9.36 Å². The van der Waals surface area contributed by atoms with Gasteiger partial charge in [-0.05, 0) is 13.0 Å². The predicted octanol–water partition coefficient (Wildman–Crippen LogP) is 0.466. The van der Waals surface area contributed by atoms with Crippen molar-refractivity contribution < 1.29 is 5.11 Å². The molecule has 0 aromatic carbocycles. The maximum Gasteiger partial charge on any atom is 0.0828 e. The van der Waals surface area contributed by atoms with Crippen molar-refractivity contribution in [1.82, 2.24) is 19.6 Å². The molecule has 2 rings (SSSR count). The van der Waals surface area contributed by atoms with Gasteiger partial charge in [-0.15, -0.1) is 0 Å². The lowest BCUT2D eigenvalue weighted by atomic mass is 10.3. The molecule has 0 aliphatic rings. The van der Waals surface area contributed by atoms with Gasteiger partial charge in [0.05, 0.1) is 30.7 Å². The molecule has 0 saturated heterocycles. The fourth-order valence-corrected chi connectivity index (χ4v) is 1.55. The minimum atomic E-state index is 0.0322. The topological polar surface area (TPSA) is 55.9 Å². The minimum absolute atomic E-state index is 0.0322. The average molecular weight is 206 g/mol. The Bertz CT molecular complexity index is 458. The third-order valence-electron chi connectivity index (χ3n) is 2.29. The minimum Gasteiger partial charge on any atom is -0.392 e. The van der Waals surface area contributed by atoms with Crippen molar-refractivity contribution in [2.24, 2.45) is 7.05 Å². The molecule has 5 heteroatoms. The molecule has 2 aromatic heterocycles. The molecule has 0 bridgehead atoms. The van der Waals surface area contributed by atoms with E-state index in [-0.39, 0.29) is 6.61 Å². The van der Waals surface area contributed by atoms with E-state index in [1.807, 2.05) is 30.9 Å². The van der Waals surface area contributed by atoms with Gasteiger partial charge in [-0.2, -0.15) is 10.2 Å². The second-order valence-electron chi connectivity index (χ2n) is 3.60. The van der Waals surface area contributed by atoms with Gasteiger partial charge in [0.15, 0.2) is 0 Å². The Morgan fingerprint density at radius 3 is 2.80 bits per heavy atom. The average Bonchev–Trinajstić information content (AvgIpc) is 2.75. The maximum absolute atomic E-state index is 8.90. The molecule has 0 spiro atoms. The monoisotopic (exact) mass is 206 g/mol. The van der Waals surface area contributed by atoms with Crippen LogP contribution in [0.15, 0.2) is 18.5 Å². The number of aromatic nitrogens is 4. The van der Waals surface area contributed by atoms with Crippen LogP contribution in [-0.2, 0) is 20.2 Å². The summed E-state index contributed by atoms with van der Waals surface area (Å²) in [5.74, 6) is 0. The Balaban J connectivity index is 2.17. The Hall–Kier alpha value is -1.62. The summed E-state index contributed by atoms with van der Waals surface area (Å²) in [7, 11) is 1.92. The van der Waals surface area contributed by atoms with Crippen molar-refractivity contribution in [3.63, 3.8) is 0 Å². The van der Waals surface area contributed by atoms with Crippen LogP contribution in [0.2, 0.25) is 0 Å². The number of nitrogens with zero attached hydrogens (tertiary/aromatic N) is 4. The Morgan fingerprint density at radius 1 is 1.47 bits per heavy atom. The zero-order valence-electron chi connectivity index (χ0n) is 8.88. The van der Waals surface area contributed by atoms with E-state index in [9.17, 15) is 0 Å². The largest absolute Gasteiger partial charge is 0.392 e. The molecule has 80 valence electrons. The first-order valence-electron chi connectivity index (χ1n) is 4.81. The quantitative estimate of drug-likeness (QED) is 0.794. The van der Waals surface area contributed by atoms with Crippen LogP contribution in [0.1, 0.15) is 17.0 Å². The lowest BCUT2D eigenvalue weighted by Crippen LogP contribution is -2.05. The zero-order valence-corrected chi connectivity index (χ0v) is 8.88. The van der Waals surface area contributed by atoms with Crippen molar-refractivity contribution >= 4 is 0 Å². The lowest BCUT2D eigenvalue weighted by molar-refractivity contribution is 0.281. The smallest absolute Gasteiger partial charge is 0.0828 e. The number of aryl methyl sites for hydroxylation is 2. The van der Waals surface area contributed by atoms with Crippen molar-refractivity contribution in [3.05, 3.63) is 35.4 Å². The number of hydrogen-bond donors (Lipinski definition) is 1. The van der Waals surface area contributed by atoms with Crippen molar-refractivity contribution in [2.45, 2.75) is 20.1 Å². The van der Waals surface area contributed by atoms with Gasteiger partial charge in [0.1, 0.15) is 0 Å². The fourth-order valence-electron chi connectivity index (χ4n) is 1.55. The van der Waals surface area contributed by atoms with E-state index in [0.717, 1.165) is 17.0 Å². The van der Waals surface area contributed by atoms with E-state index >= 15 is 0 Å². The molecule has 0 saturated carbocycles. The van der Waals surface area contributed by atoms with Crippen molar-refractivity contribution in [3.8, 4) is 0 Å². The second-order valence-corrected chi connectivity index (χ2v) is 3.60. The summed E-state index contributed by atoms with van der Waals surface area (Å²) < 4.78 is 3.64. The summed E-state index contributed by atoms with van der Waals surface area (Å²) in [6.07, 6.45) is 3.51. The van der Waals surface area contributed by atoms with Crippen molar-refractivity contribution in [1.29, 1.82) is 0 Å². The standard InChI is InChI=1S/C10H14N4O/c1-8-3-10(13(2)12-8)6-14-5-9(7-15)4-11-14/h3-5,15H,6-7H2,1-2H3. The number of rotatable bonds is 3. The molecule has 0 fully saturated rings. The van der Waals surface area contributed by atoms with Crippen molar-refractivity contribution in [2.75, 3.05) is 0 Å². The van der Waals surface area contributed by atoms with Gasteiger partial charge in [0.25, 0.3) is 0 Å². The maximum atomic E-state index is 8.90. The molecule has 0 aliphatic carbocycles. The molecule has 2 aromatic rings. The normalized spacial score (nSPS) is 10.9. The highest BCUT2D eigenvalue weighted by Gasteiger charge is 2.04. The highest BCUT2D eigenvalue weighted by Crippen LogP contribution is 2.05. The Labute approximate surface area is 88.0 Å². The summed E-state index contributed by atoms with van der Waals surface area (Å²) >= 11 is 0. The van der Waals surface area contributed by atoms with Gasteiger partial charge in [-0.1, -0.05) is 0 Å². The lowest BCUT2D eigenvalue weighted by Gasteiger charge is -2.01. The SMILES string of the molecule is Cc1cc(Cn2cc(CO)cn2)n(C)n1. The van der Waals surface area contributed by atoms with Crippen LogP contribution in [0.4, 0.5) is 0 Å². The van der Waals surface area contributed by atoms with Crippen LogP contribution in [-0.4, -0.2) is 24.7 Å². The van der Waals surface area contributed by atoms with Crippen LogP contribution in [0.5, 0.6) is 0 Å². The molecule has 0 unspecified atom stereocenters. The first-order valence-corrected chi connectivity index (χ1v) is 4.81. The fraction of sp³-hybridized carbons (Fsp3) is 0.400. The van der Waals surface area contributed by atoms with Crippen LogP contribution in [0.25, 0.3) is 0 Å². The first kappa shape index (κ1) is 9.92. The molecule has 0 amide bonds. The van der Waals surface area contributed by atoms with E-state index in [1.54, 1.807) is 10.9 Å². The Kier molecular flexibility index (Phi) is 2.55. The van der Waals surface area contributed by atoms with E-state index in [0.29, 0.717) is 6.54 Å². The first-order chi connectivity index (χ1) is 7.19. The van der Waals surface area contributed by atoms with Gasteiger partial charge in [-0.25, -0.2) is 0 Å². The third kappa shape index (κ3) is 2.07. The number of aliphatic hydroxyl groups is 1. The molecule has 0 aliphatic heterocycles. The van der Waals surface area contributed by atoms with Crippen LogP contribution in [0.3, 0.4) is 0 Å². The van der Waals surface area contributed by atoms with Gasteiger partial charge in [0.2, 0.25) is 0 Å². The Morgan fingerprint density at radius 2 is 2.27 bits per heavy atom. The zero-order chi connectivity index (χ0) is 10.8. The van der Waals surface area contributed by atoms with Crippen LogP contribution >= 0.6 is 0 Å². The summed E-state index contributed by atoms with van der Waals surface area (Å²) in [4.78, 5) is 0. The second kappa shape index (κ2) is 3.86. The summed E-state index contributed by atoms with van der Waals surface area (Å²) in [6.45, 7) is 2.67. The number of aliphatic hydroxyl groups excluding tert-OH is 1. The molecular weight excluding hydrogens is 192 g/mol. The van der Waals surface area contributed by atoms with Crippen LogP contribution in [0, 0.1) is 6.92 Å². The summed E-state index contributed by atoms with van der Waals surface area (Å²) in [5.41, 5.74) is 2.93. The van der Waals surface area contributed by atoms with E-state index in [4.69, 9.17) is 5.11 Å². The molecular formula is C10H14N4O. The van der Waals surface area contributed by atoms with E-state index in [1.165, 1.54) is 0 Å². The molecule has 15 heavy (non-hydrogen) atoms. The van der Waals surface area contributed by atoms with E-state index < -0.39 is 0 Å². The molecule has 2 heterocycles. The van der Waals surface area contributed by atoms with Gasteiger partial charge >= 0.3 is 0 Å². The van der Waals surface area contributed by atoms with E-state index in [2.05, 4.69) is 10.2 Å². The summed E-state index contributed by atoms with van der Waals surface area (Å²) in [6, 6.07) is 2.03. The predicted molar refractivity (Wildman–Crippen MR) is 55.2 cm³/mol. The molecule has 0 atom stereocenters. The summed E-state index contributed by atoms with van der Waals surface area (Å²) in [5, 5.41) is 17.3. The van der Waals surface area contributed by atoms with Crippen LogP contribution < -0.4 is 0 Å². The highest BCUT2D eigenvalue weighted by atomic mass is 16.3. The molecule has 0 radical (unpaired) electrons. The molecule has 1 N–H and O–H groups in total. The molecule has 5 nitrogen and oxygen atoms in total. The third-order valence-corrected chi connectivity index (χ3v) is 2.29. The van der Waals surface area contributed by atoms with Gasteiger partial charge in [0, 0.05) is 18.8 Å². The highest BCUT2D eigenvalue weighted by molar-refractivity contribution is 5.10. The number of hydrogen-bond acceptors (Lipinski definition) is 3.